The second-order valence-corrected chi connectivity index (χ2v) is 6.47. The molecule has 3 aromatic rings. The van der Waals surface area contributed by atoms with Crippen LogP contribution in [0.1, 0.15) is 11.1 Å². The molecule has 6 heteroatoms. The largest absolute Gasteiger partial charge is 0.377 e. The highest BCUT2D eigenvalue weighted by Gasteiger charge is 2.12. The molecule has 3 rings (SSSR count). The third-order valence-electron chi connectivity index (χ3n) is 3.99. The minimum Gasteiger partial charge on any atom is -0.377 e. The lowest BCUT2D eigenvalue weighted by Crippen LogP contribution is -2.35. The fourth-order valence-electron chi connectivity index (χ4n) is 2.76. The number of fused-ring (bicyclic) bond motifs is 1. The van der Waals surface area contributed by atoms with E-state index in [4.69, 9.17) is 11.6 Å². The molecule has 0 saturated heterocycles. The minimum atomic E-state index is -0.430. The Kier molecular flexibility index (Phi) is 4.20. The van der Waals surface area contributed by atoms with Gasteiger partial charge in [-0.15, -0.1) is 0 Å². The van der Waals surface area contributed by atoms with Gasteiger partial charge in [0.25, 0.3) is 5.56 Å². The van der Waals surface area contributed by atoms with Gasteiger partial charge < -0.3 is 9.88 Å². The monoisotopic (exact) mass is 343 g/mol. The lowest BCUT2D eigenvalue weighted by Gasteiger charge is -2.18. The Morgan fingerprint density at radius 1 is 1.12 bits per heavy atom. The molecular weight excluding hydrogens is 326 g/mol. The SMILES string of the molecule is Cc1ccc(Cn2c(=O)[nH]c3ccc(Cl)cc3c2=O)c(N(C)C)c1. The van der Waals surface area contributed by atoms with E-state index >= 15 is 0 Å². The summed E-state index contributed by atoms with van der Waals surface area (Å²) in [6.45, 7) is 2.21. The Bertz CT molecular complexity index is 1030. The molecule has 0 bridgehead atoms. The maximum Gasteiger partial charge on any atom is 0.329 e. The molecule has 0 aliphatic carbocycles. The fourth-order valence-corrected chi connectivity index (χ4v) is 2.93. The number of nitrogens with one attached hydrogen (secondary N) is 1. The van der Waals surface area contributed by atoms with Crippen molar-refractivity contribution in [2.45, 2.75) is 13.5 Å². The van der Waals surface area contributed by atoms with E-state index in [0.29, 0.717) is 15.9 Å². The number of hydrogen-bond acceptors (Lipinski definition) is 3. The van der Waals surface area contributed by atoms with Gasteiger partial charge in [0.15, 0.2) is 0 Å². The normalized spacial score (nSPS) is 11.0. The Morgan fingerprint density at radius 3 is 2.58 bits per heavy atom. The quantitative estimate of drug-likeness (QED) is 0.795. The number of aromatic nitrogens is 2. The standard InChI is InChI=1S/C18H18ClN3O2/c1-11-4-5-12(16(8-11)21(2)3)10-22-17(23)14-9-13(19)6-7-15(14)20-18(22)24/h4-9H,10H2,1-3H3,(H,20,24). The number of nitrogens with zero attached hydrogens (tertiary/aromatic N) is 2. The molecule has 2 aromatic carbocycles. The molecule has 0 spiro atoms. The van der Waals surface area contributed by atoms with Gasteiger partial charge in [0.2, 0.25) is 0 Å². The maximum atomic E-state index is 12.7. The van der Waals surface area contributed by atoms with E-state index in [1.807, 2.05) is 44.1 Å². The maximum absolute atomic E-state index is 12.7. The molecule has 1 heterocycles. The topological polar surface area (TPSA) is 58.1 Å². The number of halogens is 1. The van der Waals surface area contributed by atoms with Crippen LogP contribution < -0.4 is 16.1 Å². The van der Waals surface area contributed by atoms with E-state index in [2.05, 4.69) is 4.98 Å². The predicted octanol–water partition coefficient (Wildman–Crippen LogP) is 2.77. The molecular formula is C18H18ClN3O2. The van der Waals surface area contributed by atoms with Crippen LogP contribution in [0.3, 0.4) is 0 Å². The van der Waals surface area contributed by atoms with Crippen LogP contribution in [-0.2, 0) is 6.54 Å². The highest BCUT2D eigenvalue weighted by molar-refractivity contribution is 6.31. The molecule has 0 amide bonds. The highest BCUT2D eigenvalue weighted by Crippen LogP contribution is 2.21. The van der Waals surface area contributed by atoms with Crippen LogP contribution in [0.15, 0.2) is 46.0 Å². The van der Waals surface area contributed by atoms with Crippen molar-refractivity contribution < 1.29 is 0 Å². The summed E-state index contributed by atoms with van der Waals surface area (Å²) in [7, 11) is 3.87. The van der Waals surface area contributed by atoms with E-state index in [1.165, 1.54) is 4.57 Å². The predicted molar refractivity (Wildman–Crippen MR) is 98.4 cm³/mol. The molecule has 1 aromatic heterocycles. The van der Waals surface area contributed by atoms with E-state index in [1.54, 1.807) is 18.2 Å². The number of aromatic amines is 1. The van der Waals surface area contributed by atoms with E-state index in [-0.39, 0.29) is 12.1 Å². The average Bonchev–Trinajstić information content (AvgIpc) is 2.53. The first kappa shape index (κ1) is 16.3. The van der Waals surface area contributed by atoms with Gasteiger partial charge in [0.1, 0.15) is 0 Å². The number of rotatable bonds is 3. The summed E-state index contributed by atoms with van der Waals surface area (Å²) in [6.07, 6.45) is 0. The molecule has 0 saturated carbocycles. The highest BCUT2D eigenvalue weighted by atomic mass is 35.5. The fraction of sp³-hybridized carbons (Fsp3) is 0.222. The summed E-state index contributed by atoms with van der Waals surface area (Å²) in [5.41, 5.74) is 2.71. The van der Waals surface area contributed by atoms with Crippen molar-refractivity contribution in [1.29, 1.82) is 0 Å². The van der Waals surface area contributed by atoms with Crippen molar-refractivity contribution in [3.63, 3.8) is 0 Å². The molecule has 24 heavy (non-hydrogen) atoms. The van der Waals surface area contributed by atoms with Gasteiger partial charge in [-0.3, -0.25) is 9.36 Å². The number of benzene rings is 2. The minimum absolute atomic E-state index is 0.199. The number of H-pyrrole nitrogens is 1. The van der Waals surface area contributed by atoms with Gasteiger partial charge in [-0.05, 0) is 42.3 Å². The first-order valence-electron chi connectivity index (χ1n) is 7.56. The van der Waals surface area contributed by atoms with E-state index in [9.17, 15) is 9.59 Å². The van der Waals surface area contributed by atoms with Crippen LogP contribution >= 0.6 is 11.6 Å². The molecule has 0 aliphatic heterocycles. The van der Waals surface area contributed by atoms with Crippen molar-refractivity contribution >= 4 is 28.2 Å². The first-order valence-corrected chi connectivity index (χ1v) is 7.94. The smallest absolute Gasteiger partial charge is 0.329 e. The molecule has 0 aliphatic rings. The summed E-state index contributed by atoms with van der Waals surface area (Å²) in [6, 6.07) is 10.8. The van der Waals surface area contributed by atoms with Gasteiger partial charge in [0, 0.05) is 24.8 Å². The van der Waals surface area contributed by atoms with Crippen molar-refractivity contribution in [3.05, 3.63) is 73.4 Å². The van der Waals surface area contributed by atoms with Gasteiger partial charge in [-0.25, -0.2) is 4.79 Å². The number of aryl methyl sites for hydroxylation is 1. The first-order chi connectivity index (χ1) is 11.4. The summed E-state index contributed by atoms with van der Waals surface area (Å²) in [5.74, 6) is 0. The van der Waals surface area contributed by atoms with Crippen LogP contribution in [-0.4, -0.2) is 23.6 Å². The Labute approximate surface area is 144 Å². The average molecular weight is 344 g/mol. The Morgan fingerprint density at radius 2 is 1.88 bits per heavy atom. The van der Waals surface area contributed by atoms with E-state index < -0.39 is 5.69 Å². The van der Waals surface area contributed by atoms with E-state index in [0.717, 1.165) is 16.8 Å². The third-order valence-corrected chi connectivity index (χ3v) is 4.23. The number of anilines is 1. The van der Waals surface area contributed by atoms with Crippen LogP contribution in [0.2, 0.25) is 5.02 Å². The molecule has 0 radical (unpaired) electrons. The number of hydrogen-bond donors (Lipinski definition) is 1. The summed E-state index contributed by atoms with van der Waals surface area (Å²) in [4.78, 5) is 29.8. The van der Waals surface area contributed by atoms with Gasteiger partial charge in [-0.2, -0.15) is 0 Å². The molecule has 0 unspecified atom stereocenters. The molecule has 1 N–H and O–H groups in total. The molecule has 124 valence electrons. The lowest BCUT2D eigenvalue weighted by atomic mass is 10.1. The van der Waals surface area contributed by atoms with Crippen molar-refractivity contribution in [2.75, 3.05) is 19.0 Å². The second-order valence-electron chi connectivity index (χ2n) is 6.04. The van der Waals surface area contributed by atoms with Crippen LogP contribution in [0, 0.1) is 6.92 Å². The van der Waals surface area contributed by atoms with Crippen LogP contribution in [0.5, 0.6) is 0 Å². The van der Waals surface area contributed by atoms with Crippen molar-refractivity contribution in [3.8, 4) is 0 Å². The summed E-state index contributed by atoms with van der Waals surface area (Å²) in [5, 5.41) is 0.864. The van der Waals surface area contributed by atoms with Gasteiger partial charge >= 0.3 is 5.69 Å². The van der Waals surface area contributed by atoms with Crippen molar-refractivity contribution in [2.24, 2.45) is 0 Å². The second kappa shape index (κ2) is 6.17. The van der Waals surface area contributed by atoms with Crippen LogP contribution in [0.25, 0.3) is 10.9 Å². The van der Waals surface area contributed by atoms with Gasteiger partial charge in [0.05, 0.1) is 17.4 Å². The zero-order valence-electron chi connectivity index (χ0n) is 13.8. The summed E-state index contributed by atoms with van der Waals surface area (Å²) < 4.78 is 1.20. The zero-order valence-corrected chi connectivity index (χ0v) is 14.5. The molecule has 0 fully saturated rings. The summed E-state index contributed by atoms with van der Waals surface area (Å²) >= 11 is 5.98. The van der Waals surface area contributed by atoms with Crippen molar-refractivity contribution in [1.82, 2.24) is 9.55 Å². The molecule has 5 nitrogen and oxygen atoms in total. The zero-order chi connectivity index (χ0) is 17.4. The van der Waals surface area contributed by atoms with Gasteiger partial charge in [-0.1, -0.05) is 23.7 Å². The molecule has 0 atom stereocenters. The Balaban J connectivity index is 2.18. The van der Waals surface area contributed by atoms with Crippen LogP contribution in [0.4, 0.5) is 5.69 Å². The lowest BCUT2D eigenvalue weighted by molar-refractivity contribution is 0.710. The Hall–Kier alpha value is -2.53. The third kappa shape index (κ3) is 2.95.